The Morgan fingerprint density at radius 3 is 2.70 bits per heavy atom. The molecule has 0 aliphatic heterocycles. The van der Waals surface area contributed by atoms with Crippen LogP contribution >= 0.6 is 11.3 Å². The number of benzene rings is 1. The van der Waals surface area contributed by atoms with Gasteiger partial charge in [-0.1, -0.05) is 13.0 Å². The van der Waals surface area contributed by atoms with Crippen LogP contribution in [-0.2, 0) is 4.79 Å². The predicted octanol–water partition coefficient (Wildman–Crippen LogP) is 4.43. The highest BCUT2D eigenvalue weighted by molar-refractivity contribution is 7.08. The average molecular weight is 332 g/mol. The van der Waals surface area contributed by atoms with Crippen LogP contribution in [0.4, 0.5) is 15.8 Å². The maximum Gasteiger partial charge on any atom is 0.256 e. The van der Waals surface area contributed by atoms with Crippen molar-refractivity contribution in [2.24, 2.45) is 0 Å². The summed E-state index contributed by atoms with van der Waals surface area (Å²) in [4.78, 5) is 23.9. The Balaban J connectivity index is 2.14. The van der Waals surface area contributed by atoms with Crippen molar-refractivity contribution in [3.63, 3.8) is 0 Å². The van der Waals surface area contributed by atoms with Crippen molar-refractivity contribution in [3.8, 4) is 0 Å². The summed E-state index contributed by atoms with van der Waals surface area (Å²) >= 11 is 1.38. The van der Waals surface area contributed by atoms with Gasteiger partial charge in [-0.05, 0) is 43.0 Å². The second-order valence-corrected chi connectivity index (χ2v) is 5.69. The number of halogens is 1. The van der Waals surface area contributed by atoms with Gasteiger partial charge in [0.15, 0.2) is 0 Å². The molecule has 2 aromatic rings. The zero-order valence-corrected chi connectivity index (χ0v) is 13.7. The summed E-state index contributed by atoms with van der Waals surface area (Å²) in [5, 5.41) is 8.63. The molecule has 1 heterocycles. The van der Waals surface area contributed by atoms with Gasteiger partial charge in [-0.15, -0.1) is 0 Å². The summed E-state index contributed by atoms with van der Waals surface area (Å²) in [6.45, 7) is 3.65. The van der Waals surface area contributed by atoms with Crippen molar-refractivity contribution < 1.29 is 14.0 Å². The van der Waals surface area contributed by atoms with Crippen LogP contribution in [0.1, 0.15) is 30.6 Å². The third kappa shape index (κ3) is 4.50. The zero-order chi connectivity index (χ0) is 16.8. The van der Waals surface area contributed by atoms with Crippen LogP contribution in [0.3, 0.4) is 0 Å². The number of thiophene rings is 1. The number of amides is 2. The van der Waals surface area contributed by atoms with E-state index in [2.05, 4.69) is 10.6 Å². The molecule has 0 saturated carbocycles. The SMILES string of the molecule is CC/C=C(\C)C(=O)Nc1ccc(F)c(NC(=O)c2ccsc2)c1. The molecule has 1 aromatic heterocycles. The van der Waals surface area contributed by atoms with Gasteiger partial charge < -0.3 is 10.6 Å². The number of hydrogen-bond acceptors (Lipinski definition) is 3. The topological polar surface area (TPSA) is 58.2 Å². The van der Waals surface area contributed by atoms with Gasteiger partial charge in [0.2, 0.25) is 0 Å². The van der Waals surface area contributed by atoms with Gasteiger partial charge in [0.25, 0.3) is 11.8 Å². The maximum atomic E-state index is 13.9. The molecule has 2 rings (SSSR count). The Morgan fingerprint density at radius 2 is 2.04 bits per heavy atom. The Morgan fingerprint density at radius 1 is 1.26 bits per heavy atom. The van der Waals surface area contributed by atoms with Gasteiger partial charge in [-0.2, -0.15) is 11.3 Å². The minimum absolute atomic E-state index is 0.0242. The van der Waals surface area contributed by atoms with Crippen LogP contribution in [0.2, 0.25) is 0 Å². The summed E-state index contributed by atoms with van der Waals surface area (Å²) < 4.78 is 13.9. The van der Waals surface area contributed by atoms with E-state index in [9.17, 15) is 14.0 Å². The number of hydrogen-bond donors (Lipinski definition) is 2. The largest absolute Gasteiger partial charge is 0.322 e. The first-order chi connectivity index (χ1) is 11.0. The van der Waals surface area contributed by atoms with Gasteiger partial charge in [0.05, 0.1) is 11.3 Å². The van der Waals surface area contributed by atoms with Crippen LogP contribution in [0.25, 0.3) is 0 Å². The second kappa shape index (κ2) is 7.69. The molecule has 0 fully saturated rings. The van der Waals surface area contributed by atoms with Crippen LogP contribution in [-0.4, -0.2) is 11.8 Å². The standard InChI is InChI=1S/C17H17FN2O2S/c1-3-4-11(2)16(21)19-13-5-6-14(18)15(9-13)20-17(22)12-7-8-23-10-12/h4-10H,3H2,1-2H3,(H,19,21)(H,20,22)/b11-4+. The summed E-state index contributed by atoms with van der Waals surface area (Å²) in [6.07, 6.45) is 2.56. The summed E-state index contributed by atoms with van der Waals surface area (Å²) in [6, 6.07) is 5.71. The van der Waals surface area contributed by atoms with Crippen LogP contribution in [0.5, 0.6) is 0 Å². The highest BCUT2D eigenvalue weighted by Crippen LogP contribution is 2.21. The molecule has 0 spiro atoms. The minimum Gasteiger partial charge on any atom is -0.322 e. The molecule has 0 bridgehead atoms. The number of carbonyl (C=O) groups is 2. The van der Waals surface area contributed by atoms with Crippen molar-refractivity contribution in [1.29, 1.82) is 0 Å². The number of nitrogens with one attached hydrogen (secondary N) is 2. The fourth-order valence-electron chi connectivity index (χ4n) is 1.92. The van der Waals surface area contributed by atoms with Gasteiger partial charge >= 0.3 is 0 Å². The maximum absolute atomic E-state index is 13.9. The van der Waals surface area contributed by atoms with Gasteiger partial charge in [0, 0.05) is 16.6 Å². The quantitative estimate of drug-likeness (QED) is 0.796. The van der Waals surface area contributed by atoms with Crippen molar-refractivity contribution in [1.82, 2.24) is 0 Å². The van der Waals surface area contributed by atoms with Crippen LogP contribution in [0, 0.1) is 5.82 Å². The monoisotopic (exact) mass is 332 g/mol. The van der Waals surface area contributed by atoms with Crippen LogP contribution in [0.15, 0.2) is 46.7 Å². The molecule has 0 unspecified atom stereocenters. The molecule has 0 aliphatic carbocycles. The fourth-order valence-corrected chi connectivity index (χ4v) is 2.55. The number of anilines is 2. The lowest BCUT2D eigenvalue weighted by molar-refractivity contribution is -0.112. The predicted molar refractivity (Wildman–Crippen MR) is 91.3 cm³/mol. The van der Waals surface area contributed by atoms with E-state index in [1.165, 1.54) is 29.5 Å². The molecule has 6 heteroatoms. The van der Waals surface area contributed by atoms with E-state index < -0.39 is 11.7 Å². The lowest BCUT2D eigenvalue weighted by atomic mass is 10.2. The summed E-state index contributed by atoms with van der Waals surface area (Å²) in [5.74, 6) is -1.21. The van der Waals surface area contributed by atoms with Crippen molar-refractivity contribution in [2.75, 3.05) is 10.6 Å². The zero-order valence-electron chi connectivity index (χ0n) is 12.9. The third-order valence-corrected chi connectivity index (χ3v) is 3.81. The van der Waals surface area contributed by atoms with E-state index in [1.54, 1.807) is 29.8 Å². The Kier molecular flexibility index (Phi) is 5.65. The van der Waals surface area contributed by atoms with Crippen LogP contribution < -0.4 is 10.6 Å². The first kappa shape index (κ1) is 16.9. The number of allylic oxidation sites excluding steroid dienone is 1. The van der Waals surface area contributed by atoms with E-state index in [0.717, 1.165) is 6.42 Å². The molecule has 120 valence electrons. The van der Waals surface area contributed by atoms with E-state index in [0.29, 0.717) is 16.8 Å². The number of rotatable bonds is 5. The molecule has 2 N–H and O–H groups in total. The first-order valence-electron chi connectivity index (χ1n) is 7.12. The van der Waals surface area contributed by atoms with Crippen molar-refractivity contribution in [2.45, 2.75) is 20.3 Å². The normalized spacial score (nSPS) is 11.2. The molecular weight excluding hydrogens is 315 g/mol. The summed E-state index contributed by atoms with van der Waals surface area (Å²) in [7, 11) is 0. The highest BCUT2D eigenvalue weighted by Gasteiger charge is 2.12. The minimum atomic E-state index is -0.563. The fraction of sp³-hybridized carbons (Fsp3) is 0.176. The Labute approximate surface area is 138 Å². The molecule has 23 heavy (non-hydrogen) atoms. The lowest BCUT2D eigenvalue weighted by Crippen LogP contribution is -2.15. The van der Waals surface area contributed by atoms with Crippen molar-refractivity contribution >= 4 is 34.5 Å². The van der Waals surface area contributed by atoms with E-state index in [1.807, 2.05) is 6.92 Å². The third-order valence-electron chi connectivity index (χ3n) is 3.12. The van der Waals surface area contributed by atoms with E-state index in [4.69, 9.17) is 0 Å². The van der Waals surface area contributed by atoms with Gasteiger partial charge in [0.1, 0.15) is 5.82 Å². The molecular formula is C17H17FN2O2S. The smallest absolute Gasteiger partial charge is 0.256 e. The van der Waals surface area contributed by atoms with Gasteiger partial charge in [-0.25, -0.2) is 4.39 Å². The molecule has 0 atom stereocenters. The Bertz CT molecular complexity index is 739. The Hall–Kier alpha value is -2.47. The van der Waals surface area contributed by atoms with Crippen molar-refractivity contribution in [3.05, 3.63) is 58.1 Å². The highest BCUT2D eigenvalue weighted by atomic mass is 32.1. The van der Waals surface area contributed by atoms with Gasteiger partial charge in [-0.3, -0.25) is 9.59 Å². The molecule has 0 radical (unpaired) electrons. The first-order valence-corrected chi connectivity index (χ1v) is 8.06. The number of carbonyl (C=O) groups excluding carboxylic acids is 2. The molecule has 0 aliphatic rings. The second-order valence-electron chi connectivity index (χ2n) is 4.91. The lowest BCUT2D eigenvalue weighted by Gasteiger charge is -2.10. The van der Waals surface area contributed by atoms with E-state index >= 15 is 0 Å². The molecule has 0 saturated heterocycles. The molecule has 4 nitrogen and oxygen atoms in total. The average Bonchev–Trinajstić information content (AvgIpc) is 3.05. The summed E-state index contributed by atoms with van der Waals surface area (Å²) in [5.41, 5.74) is 1.49. The molecule has 2 amide bonds. The van der Waals surface area contributed by atoms with E-state index in [-0.39, 0.29) is 11.6 Å². The molecule has 1 aromatic carbocycles.